The highest BCUT2D eigenvalue weighted by Crippen LogP contribution is 2.31. The maximum atomic E-state index is 12.5. The van der Waals surface area contributed by atoms with Crippen molar-refractivity contribution in [2.45, 2.75) is 39.3 Å². The Bertz CT molecular complexity index is 1180. The predicted octanol–water partition coefficient (Wildman–Crippen LogP) is 3.98. The highest BCUT2D eigenvalue weighted by molar-refractivity contribution is 5.88. The number of esters is 1. The summed E-state index contributed by atoms with van der Waals surface area (Å²) in [6.07, 6.45) is -0.767. The average Bonchev–Trinajstić information content (AvgIpc) is 2.66. The van der Waals surface area contributed by atoms with Crippen LogP contribution in [0.15, 0.2) is 57.7 Å². The number of rotatable bonds is 4. The van der Waals surface area contributed by atoms with E-state index in [1.54, 1.807) is 45.0 Å². The van der Waals surface area contributed by atoms with Gasteiger partial charge >= 0.3 is 12.1 Å². The van der Waals surface area contributed by atoms with Crippen molar-refractivity contribution in [2.24, 2.45) is 0 Å². The second-order valence-electron chi connectivity index (χ2n) is 7.95. The fourth-order valence-electron chi connectivity index (χ4n) is 2.79. The summed E-state index contributed by atoms with van der Waals surface area (Å²) in [4.78, 5) is 36.7. The van der Waals surface area contributed by atoms with Gasteiger partial charge in [-0.05, 0) is 27.7 Å². The average molecular weight is 425 g/mol. The Morgan fingerprint density at radius 1 is 1.10 bits per heavy atom. The lowest BCUT2D eigenvalue weighted by Crippen LogP contribution is -2.43. The first kappa shape index (κ1) is 21.9. The Balaban J connectivity index is 1.85. The molecule has 0 radical (unpaired) electrons. The quantitative estimate of drug-likeness (QED) is 0.480. The number of carbonyl (C=O) groups excluding carboxylic acids is 2. The minimum absolute atomic E-state index is 0.0283. The lowest BCUT2D eigenvalue weighted by atomic mass is 10.1. The smallest absolute Gasteiger partial charge is 0.408 e. The van der Waals surface area contributed by atoms with Crippen LogP contribution in [-0.2, 0) is 9.53 Å². The van der Waals surface area contributed by atoms with Gasteiger partial charge in [-0.3, -0.25) is 4.79 Å². The number of hydrogen-bond donors (Lipinski definition) is 2. The lowest BCUT2D eigenvalue weighted by Gasteiger charge is -2.21. The number of phenolic OH excluding ortho intramolecular Hbond substituents is 1. The molecule has 8 nitrogen and oxygen atoms in total. The summed E-state index contributed by atoms with van der Waals surface area (Å²) in [6.45, 7) is 6.53. The number of carbonyl (C=O) groups is 2. The van der Waals surface area contributed by atoms with Gasteiger partial charge in [0.1, 0.15) is 39.9 Å². The van der Waals surface area contributed by atoms with Crippen molar-refractivity contribution in [3.05, 3.63) is 58.8 Å². The fourth-order valence-corrected chi connectivity index (χ4v) is 2.79. The van der Waals surface area contributed by atoms with Crippen molar-refractivity contribution in [1.82, 2.24) is 5.32 Å². The number of amides is 1. The first-order valence-corrected chi connectivity index (χ1v) is 9.61. The van der Waals surface area contributed by atoms with Gasteiger partial charge in [0.05, 0.1) is 0 Å². The summed E-state index contributed by atoms with van der Waals surface area (Å²) >= 11 is 0. The van der Waals surface area contributed by atoms with Crippen molar-refractivity contribution in [2.75, 3.05) is 0 Å². The summed E-state index contributed by atoms with van der Waals surface area (Å²) < 4.78 is 16.1. The number of benzene rings is 2. The van der Waals surface area contributed by atoms with Crippen LogP contribution < -0.4 is 15.5 Å². The van der Waals surface area contributed by atoms with Gasteiger partial charge in [0.2, 0.25) is 0 Å². The van der Waals surface area contributed by atoms with Crippen LogP contribution in [0.4, 0.5) is 4.79 Å². The van der Waals surface area contributed by atoms with E-state index < -0.39 is 29.1 Å². The molecule has 0 spiro atoms. The molecule has 0 saturated carbocycles. The van der Waals surface area contributed by atoms with Crippen LogP contribution in [0, 0.1) is 0 Å². The minimum atomic E-state index is -1.02. The van der Waals surface area contributed by atoms with Gasteiger partial charge in [0.25, 0.3) is 0 Å². The number of ether oxygens (including phenoxy) is 2. The van der Waals surface area contributed by atoms with Crippen LogP contribution in [-0.4, -0.2) is 28.8 Å². The van der Waals surface area contributed by atoms with Gasteiger partial charge in [-0.2, -0.15) is 0 Å². The molecule has 0 aliphatic heterocycles. The van der Waals surface area contributed by atoms with E-state index in [0.29, 0.717) is 11.3 Å². The summed E-state index contributed by atoms with van der Waals surface area (Å²) in [6, 6.07) is 11.7. The number of alkyl carbamates (subject to hydrolysis) is 1. The molecular weight excluding hydrogens is 402 g/mol. The van der Waals surface area contributed by atoms with E-state index >= 15 is 0 Å². The fraction of sp³-hybridized carbons (Fsp3) is 0.261. The van der Waals surface area contributed by atoms with Crippen LogP contribution in [0.25, 0.3) is 22.3 Å². The molecule has 1 heterocycles. The molecule has 3 rings (SSSR count). The molecule has 1 amide bonds. The van der Waals surface area contributed by atoms with Gasteiger partial charge in [-0.15, -0.1) is 0 Å². The summed E-state index contributed by atoms with van der Waals surface area (Å²) in [5.74, 6) is -0.908. The SMILES string of the molecule is C[C@H](NC(=O)OC(C)(C)C)C(=O)Oc1cc(O)c2c(=O)cc(-c3ccccc3)oc2c1. The maximum Gasteiger partial charge on any atom is 0.408 e. The van der Waals surface area contributed by atoms with Gasteiger partial charge < -0.3 is 24.3 Å². The standard InChI is InChI=1S/C23H23NO7/c1-13(24-22(28)31-23(2,3)4)21(27)29-15-10-16(25)20-17(26)12-18(30-19(20)11-15)14-8-6-5-7-9-14/h5-13,25H,1-4H3,(H,24,28)/t13-/m0/s1. The molecule has 3 aromatic rings. The topological polar surface area (TPSA) is 115 Å². The van der Waals surface area contributed by atoms with Crippen LogP contribution >= 0.6 is 0 Å². The molecule has 1 aromatic heterocycles. The van der Waals surface area contributed by atoms with E-state index in [9.17, 15) is 19.5 Å². The summed E-state index contributed by atoms with van der Waals surface area (Å²) in [5.41, 5.74) is -0.415. The molecule has 0 aliphatic carbocycles. The van der Waals surface area contributed by atoms with Crippen LogP contribution in [0.1, 0.15) is 27.7 Å². The molecule has 0 aliphatic rings. The summed E-state index contributed by atoms with van der Waals surface area (Å²) in [5, 5.41) is 12.6. The number of fused-ring (bicyclic) bond motifs is 1. The number of hydrogen-bond acceptors (Lipinski definition) is 7. The lowest BCUT2D eigenvalue weighted by molar-refractivity contribution is -0.136. The molecular formula is C23H23NO7. The van der Waals surface area contributed by atoms with E-state index in [1.807, 2.05) is 6.07 Å². The molecule has 1 atom stereocenters. The zero-order valence-electron chi connectivity index (χ0n) is 17.6. The third-order valence-corrected chi connectivity index (χ3v) is 4.15. The minimum Gasteiger partial charge on any atom is -0.507 e. The third-order valence-electron chi connectivity index (χ3n) is 4.15. The van der Waals surface area contributed by atoms with Crippen LogP contribution in [0.5, 0.6) is 11.5 Å². The molecule has 0 fully saturated rings. The van der Waals surface area contributed by atoms with E-state index in [4.69, 9.17) is 13.9 Å². The van der Waals surface area contributed by atoms with Crippen LogP contribution in [0.3, 0.4) is 0 Å². The molecule has 31 heavy (non-hydrogen) atoms. The Labute approximate surface area is 178 Å². The molecule has 0 saturated heterocycles. The predicted molar refractivity (Wildman–Crippen MR) is 114 cm³/mol. The van der Waals surface area contributed by atoms with Crippen LogP contribution in [0.2, 0.25) is 0 Å². The van der Waals surface area contributed by atoms with Crippen molar-refractivity contribution < 1.29 is 28.6 Å². The van der Waals surface area contributed by atoms with E-state index in [-0.39, 0.29) is 22.5 Å². The molecule has 0 bridgehead atoms. The number of nitrogens with one attached hydrogen (secondary N) is 1. The van der Waals surface area contributed by atoms with E-state index in [2.05, 4.69) is 5.32 Å². The van der Waals surface area contributed by atoms with E-state index in [1.165, 1.54) is 19.1 Å². The first-order valence-electron chi connectivity index (χ1n) is 9.61. The number of phenols is 1. The molecule has 162 valence electrons. The second-order valence-corrected chi connectivity index (χ2v) is 7.95. The Kier molecular flexibility index (Phi) is 6.01. The first-order chi connectivity index (χ1) is 14.5. The molecule has 2 N–H and O–H groups in total. The van der Waals surface area contributed by atoms with Crippen molar-refractivity contribution in [3.8, 4) is 22.8 Å². The molecule has 0 unspecified atom stereocenters. The largest absolute Gasteiger partial charge is 0.507 e. The Morgan fingerprint density at radius 3 is 2.42 bits per heavy atom. The summed E-state index contributed by atoms with van der Waals surface area (Å²) in [7, 11) is 0. The second kappa shape index (κ2) is 8.51. The molecule has 2 aromatic carbocycles. The van der Waals surface area contributed by atoms with Gasteiger partial charge in [-0.1, -0.05) is 30.3 Å². The maximum absolute atomic E-state index is 12.5. The van der Waals surface area contributed by atoms with E-state index in [0.717, 1.165) is 6.07 Å². The zero-order chi connectivity index (χ0) is 22.8. The van der Waals surface area contributed by atoms with Gasteiger partial charge in [0, 0.05) is 23.8 Å². The Morgan fingerprint density at radius 2 is 1.77 bits per heavy atom. The van der Waals surface area contributed by atoms with Gasteiger partial charge in [0.15, 0.2) is 5.43 Å². The Hall–Kier alpha value is -3.81. The normalized spacial score (nSPS) is 12.3. The highest BCUT2D eigenvalue weighted by atomic mass is 16.6. The third kappa shape index (κ3) is 5.42. The van der Waals surface area contributed by atoms with Crippen molar-refractivity contribution in [1.29, 1.82) is 0 Å². The molecule has 8 heteroatoms. The van der Waals surface area contributed by atoms with Crippen molar-refractivity contribution >= 4 is 23.0 Å². The zero-order valence-corrected chi connectivity index (χ0v) is 17.6. The highest BCUT2D eigenvalue weighted by Gasteiger charge is 2.23. The van der Waals surface area contributed by atoms with Gasteiger partial charge in [-0.25, -0.2) is 9.59 Å². The number of aromatic hydroxyl groups is 1. The van der Waals surface area contributed by atoms with Crippen molar-refractivity contribution in [3.63, 3.8) is 0 Å². The monoisotopic (exact) mass is 425 g/mol.